The number of pyridine rings is 1. The van der Waals surface area contributed by atoms with E-state index in [0.29, 0.717) is 12.1 Å². The Balaban J connectivity index is 2.19. The molecule has 0 fully saturated rings. The zero-order valence-corrected chi connectivity index (χ0v) is 13.9. The molecule has 0 saturated carbocycles. The first-order chi connectivity index (χ1) is 10.9. The van der Waals surface area contributed by atoms with E-state index in [1.807, 2.05) is 27.0 Å². The van der Waals surface area contributed by atoms with Crippen LogP contribution in [-0.4, -0.2) is 14.3 Å². The maximum absolute atomic E-state index is 13.4. The third-order valence-electron chi connectivity index (χ3n) is 4.21. The Hall–Kier alpha value is -2.14. The van der Waals surface area contributed by atoms with Gasteiger partial charge in [-0.05, 0) is 30.7 Å². The first-order valence-corrected chi connectivity index (χ1v) is 7.82. The molecule has 3 rings (SSSR count). The van der Waals surface area contributed by atoms with Gasteiger partial charge in [0.15, 0.2) is 5.52 Å². The van der Waals surface area contributed by atoms with Crippen molar-refractivity contribution in [1.29, 1.82) is 0 Å². The molecule has 6 heteroatoms. The van der Waals surface area contributed by atoms with Gasteiger partial charge in [-0.3, -0.25) is 9.48 Å². The maximum atomic E-state index is 13.4. The van der Waals surface area contributed by atoms with Gasteiger partial charge in [-0.25, -0.2) is 4.39 Å². The minimum atomic E-state index is -0.441. The van der Waals surface area contributed by atoms with Gasteiger partial charge in [0.1, 0.15) is 5.82 Å². The predicted molar refractivity (Wildman–Crippen MR) is 89.6 cm³/mol. The van der Waals surface area contributed by atoms with Crippen LogP contribution >= 0.6 is 11.6 Å². The van der Waals surface area contributed by atoms with E-state index in [2.05, 4.69) is 5.10 Å². The largest absolute Gasteiger partial charge is 0.314 e. The molecule has 2 aromatic heterocycles. The molecular formula is C17H17ClFN3O. The van der Waals surface area contributed by atoms with E-state index >= 15 is 0 Å². The molecule has 4 nitrogen and oxygen atoms in total. The van der Waals surface area contributed by atoms with E-state index in [-0.39, 0.29) is 16.5 Å². The standard InChI is InChI=1S/C17H17ClFN3O/c1-4-22-8-7-12-15(17(22)23)20-21(3)16(12)10(2)11-5-6-14(19)13(18)9-11/h5-10H,4H2,1-3H3. The third kappa shape index (κ3) is 2.55. The number of halogens is 2. The molecule has 2 heterocycles. The van der Waals surface area contributed by atoms with Crippen molar-refractivity contribution < 1.29 is 4.39 Å². The number of nitrogens with zero attached hydrogens (tertiary/aromatic N) is 3. The van der Waals surface area contributed by atoms with Gasteiger partial charge in [0, 0.05) is 31.1 Å². The monoisotopic (exact) mass is 333 g/mol. The van der Waals surface area contributed by atoms with E-state index in [0.717, 1.165) is 16.6 Å². The quantitative estimate of drug-likeness (QED) is 0.733. The SMILES string of the molecule is CCn1ccc2c(C(C)c3ccc(F)c(Cl)c3)n(C)nc2c1=O. The van der Waals surface area contributed by atoms with Gasteiger partial charge in [0.25, 0.3) is 5.56 Å². The molecule has 0 bridgehead atoms. The van der Waals surface area contributed by atoms with Gasteiger partial charge < -0.3 is 4.57 Å². The van der Waals surface area contributed by atoms with Crippen LogP contribution in [0.3, 0.4) is 0 Å². The van der Waals surface area contributed by atoms with Gasteiger partial charge >= 0.3 is 0 Å². The van der Waals surface area contributed by atoms with Crippen molar-refractivity contribution in [2.24, 2.45) is 7.05 Å². The third-order valence-corrected chi connectivity index (χ3v) is 4.50. The van der Waals surface area contributed by atoms with Crippen molar-refractivity contribution in [3.05, 3.63) is 62.9 Å². The number of benzene rings is 1. The highest BCUT2D eigenvalue weighted by Gasteiger charge is 2.20. The molecule has 0 saturated heterocycles. The Morgan fingerprint density at radius 3 is 2.74 bits per heavy atom. The summed E-state index contributed by atoms with van der Waals surface area (Å²) in [5.41, 5.74) is 2.13. The highest BCUT2D eigenvalue weighted by molar-refractivity contribution is 6.30. The molecule has 0 aliphatic carbocycles. The lowest BCUT2D eigenvalue weighted by molar-refractivity contribution is 0.626. The van der Waals surface area contributed by atoms with Crippen molar-refractivity contribution in [3.63, 3.8) is 0 Å². The molecule has 0 aliphatic heterocycles. The summed E-state index contributed by atoms with van der Waals surface area (Å²) in [5, 5.41) is 5.29. The lowest BCUT2D eigenvalue weighted by Gasteiger charge is -2.14. The topological polar surface area (TPSA) is 39.8 Å². The lowest BCUT2D eigenvalue weighted by atomic mass is 9.95. The molecule has 120 valence electrons. The summed E-state index contributed by atoms with van der Waals surface area (Å²) in [5.74, 6) is -0.511. The van der Waals surface area contributed by atoms with E-state index in [9.17, 15) is 9.18 Å². The predicted octanol–water partition coefficient (Wildman–Crippen LogP) is 3.70. The Morgan fingerprint density at radius 1 is 1.35 bits per heavy atom. The average molecular weight is 334 g/mol. The Labute approximate surface area is 138 Å². The smallest absolute Gasteiger partial charge is 0.278 e. The van der Waals surface area contributed by atoms with Gasteiger partial charge in [-0.15, -0.1) is 0 Å². The molecule has 1 unspecified atom stereocenters. The molecular weight excluding hydrogens is 317 g/mol. The number of rotatable bonds is 3. The number of aromatic nitrogens is 3. The minimum Gasteiger partial charge on any atom is -0.314 e. The van der Waals surface area contributed by atoms with Crippen molar-refractivity contribution in [2.75, 3.05) is 0 Å². The number of hydrogen-bond acceptors (Lipinski definition) is 2. The fourth-order valence-corrected chi connectivity index (χ4v) is 3.13. The maximum Gasteiger partial charge on any atom is 0.278 e. The Morgan fingerprint density at radius 2 is 2.09 bits per heavy atom. The second kappa shape index (κ2) is 5.81. The summed E-state index contributed by atoms with van der Waals surface area (Å²) >= 11 is 5.89. The number of hydrogen-bond donors (Lipinski definition) is 0. The molecule has 0 aliphatic rings. The van der Waals surface area contributed by atoms with E-state index in [4.69, 9.17) is 11.6 Å². The molecule has 0 radical (unpaired) electrons. The summed E-state index contributed by atoms with van der Waals surface area (Å²) in [7, 11) is 1.81. The second-order valence-electron chi connectivity index (χ2n) is 5.57. The van der Waals surface area contributed by atoms with E-state index < -0.39 is 5.82 Å². The van der Waals surface area contributed by atoms with Gasteiger partial charge in [-0.2, -0.15) is 5.10 Å². The molecule has 0 N–H and O–H groups in total. The summed E-state index contributed by atoms with van der Waals surface area (Å²) in [6, 6.07) is 6.59. The molecule has 0 spiro atoms. The van der Waals surface area contributed by atoms with E-state index in [1.54, 1.807) is 27.6 Å². The van der Waals surface area contributed by atoms with E-state index in [1.165, 1.54) is 6.07 Å². The summed E-state index contributed by atoms with van der Waals surface area (Å²) in [6.45, 7) is 4.51. The van der Waals surface area contributed by atoms with Gasteiger partial charge in [0.05, 0.1) is 10.7 Å². The molecule has 1 atom stereocenters. The van der Waals surface area contributed by atoms with Crippen LogP contribution in [0.1, 0.15) is 31.0 Å². The van der Waals surface area contributed by atoms with Gasteiger partial charge in [0.2, 0.25) is 0 Å². The van der Waals surface area contributed by atoms with Crippen LogP contribution in [0.25, 0.3) is 10.9 Å². The van der Waals surface area contributed by atoms with Crippen LogP contribution in [0.4, 0.5) is 4.39 Å². The molecule has 1 aromatic carbocycles. The Kier molecular flexibility index (Phi) is 3.98. The molecule has 0 amide bonds. The van der Waals surface area contributed by atoms with Crippen LogP contribution in [0.5, 0.6) is 0 Å². The lowest BCUT2D eigenvalue weighted by Crippen LogP contribution is -2.18. The second-order valence-corrected chi connectivity index (χ2v) is 5.98. The van der Waals surface area contributed by atoms with Crippen LogP contribution in [0.2, 0.25) is 5.02 Å². The zero-order chi connectivity index (χ0) is 16.7. The van der Waals surface area contributed by atoms with Crippen molar-refractivity contribution >= 4 is 22.5 Å². The first-order valence-electron chi connectivity index (χ1n) is 7.45. The van der Waals surface area contributed by atoms with Crippen molar-refractivity contribution in [3.8, 4) is 0 Å². The van der Waals surface area contributed by atoms with Crippen LogP contribution < -0.4 is 5.56 Å². The van der Waals surface area contributed by atoms with Crippen LogP contribution in [-0.2, 0) is 13.6 Å². The number of fused-ring (bicyclic) bond motifs is 1. The van der Waals surface area contributed by atoms with Crippen molar-refractivity contribution in [1.82, 2.24) is 14.3 Å². The highest BCUT2D eigenvalue weighted by atomic mass is 35.5. The minimum absolute atomic E-state index is 0.0695. The van der Waals surface area contributed by atoms with Crippen LogP contribution in [0.15, 0.2) is 35.3 Å². The van der Waals surface area contributed by atoms with Gasteiger partial charge in [-0.1, -0.05) is 24.6 Å². The normalized spacial score (nSPS) is 12.7. The number of aryl methyl sites for hydroxylation is 2. The Bertz CT molecular complexity index is 945. The van der Waals surface area contributed by atoms with Crippen LogP contribution in [0, 0.1) is 5.82 Å². The summed E-state index contributed by atoms with van der Waals surface area (Å²) < 4.78 is 16.7. The first kappa shape index (κ1) is 15.7. The summed E-state index contributed by atoms with van der Waals surface area (Å²) in [6.07, 6.45) is 1.78. The fourth-order valence-electron chi connectivity index (χ4n) is 2.95. The average Bonchev–Trinajstić information content (AvgIpc) is 2.87. The zero-order valence-electron chi connectivity index (χ0n) is 13.2. The highest BCUT2D eigenvalue weighted by Crippen LogP contribution is 2.31. The molecule has 3 aromatic rings. The summed E-state index contributed by atoms with van der Waals surface area (Å²) in [4.78, 5) is 12.4. The fraction of sp³-hybridized carbons (Fsp3) is 0.294. The molecule has 23 heavy (non-hydrogen) atoms. The van der Waals surface area contributed by atoms with Crippen molar-refractivity contribution in [2.45, 2.75) is 26.3 Å².